The van der Waals surface area contributed by atoms with Crippen LogP contribution in [0, 0.1) is 0 Å². The lowest BCUT2D eigenvalue weighted by atomic mass is 9.80. The zero-order chi connectivity index (χ0) is 19.1. The first-order valence-corrected chi connectivity index (χ1v) is 8.84. The fourth-order valence-corrected chi connectivity index (χ4v) is 3.40. The number of quaternary nitrogens is 1. The van der Waals surface area contributed by atoms with Crippen LogP contribution < -0.4 is 11.1 Å². The molecule has 2 aromatic rings. The van der Waals surface area contributed by atoms with E-state index in [2.05, 4.69) is 26.5 Å². The summed E-state index contributed by atoms with van der Waals surface area (Å²) < 4.78 is 0.645. The van der Waals surface area contributed by atoms with Crippen molar-refractivity contribution in [1.29, 1.82) is 0 Å². The van der Waals surface area contributed by atoms with Crippen molar-refractivity contribution in [3.8, 4) is 0 Å². The largest absolute Gasteiger partial charge is 0.388 e. The van der Waals surface area contributed by atoms with Crippen LogP contribution in [-0.2, 0) is 6.42 Å². The first-order chi connectivity index (χ1) is 12.3. The van der Waals surface area contributed by atoms with Crippen molar-refractivity contribution in [2.24, 2.45) is 5.73 Å². The molecular weight excluding hydrogens is 362 g/mol. The van der Waals surface area contributed by atoms with E-state index in [-0.39, 0.29) is 30.1 Å². The van der Waals surface area contributed by atoms with E-state index in [9.17, 15) is 9.59 Å². The summed E-state index contributed by atoms with van der Waals surface area (Å²) in [5.74, 6) is -0.182. The third-order valence-electron chi connectivity index (χ3n) is 5.14. The molecule has 3 N–H and O–H groups in total. The number of carbonyl (C=O) groups is 2. The summed E-state index contributed by atoms with van der Waals surface area (Å²) in [5.41, 5.74) is 9.81. The second-order valence-corrected chi connectivity index (χ2v) is 7.70. The van der Waals surface area contributed by atoms with Gasteiger partial charge < -0.3 is 9.80 Å². The molecule has 5 nitrogen and oxygen atoms in total. The van der Waals surface area contributed by atoms with Crippen molar-refractivity contribution in [3.05, 3.63) is 64.2 Å². The van der Waals surface area contributed by atoms with Gasteiger partial charge in [-0.3, -0.25) is 15.3 Å². The van der Waals surface area contributed by atoms with Crippen LogP contribution in [0.25, 0.3) is 0 Å². The Hall–Kier alpha value is -2.21. The van der Waals surface area contributed by atoms with Gasteiger partial charge in [-0.05, 0) is 18.1 Å². The molecule has 0 amide bonds. The molecule has 1 aliphatic rings. The summed E-state index contributed by atoms with van der Waals surface area (Å²) in [6, 6.07) is 10.8. The first kappa shape index (κ1) is 21.1. The molecule has 3 rings (SSSR count). The number of halogens is 1. The maximum absolute atomic E-state index is 13.2. The second kappa shape index (κ2) is 7.80. The molecule has 6 heteroatoms. The molecule has 1 unspecified atom stereocenters. The van der Waals surface area contributed by atoms with E-state index in [0.717, 1.165) is 12.0 Å². The second-order valence-electron chi connectivity index (χ2n) is 7.70. The Labute approximate surface area is 166 Å². The Morgan fingerprint density at radius 3 is 2.04 bits per heavy atom. The molecule has 1 atom stereocenters. The predicted molar refractivity (Wildman–Crippen MR) is 111 cm³/mol. The van der Waals surface area contributed by atoms with Gasteiger partial charge in [0, 0.05) is 35.8 Å². The molecule has 0 radical (unpaired) electrons. The van der Waals surface area contributed by atoms with Gasteiger partial charge in [0.25, 0.3) is 0 Å². The minimum Gasteiger partial charge on any atom is -0.388 e. The highest BCUT2D eigenvalue weighted by molar-refractivity contribution is 6.30. The Bertz CT molecular complexity index is 887. The standard InChI is InChI=1S/C21H25N3O2.ClH/c1-23-16-11-9-13(10-12-17(22)24(2,3)4)18-19(16)21(26)15-8-6-5-7-14(15)20(18)25;/h5-9,11,17H,10,12,22H2,1-4H3;1H/p+1. The van der Waals surface area contributed by atoms with Crippen LogP contribution in [0.1, 0.15) is 43.8 Å². The first-order valence-electron chi connectivity index (χ1n) is 8.84. The highest BCUT2D eigenvalue weighted by Gasteiger charge is 2.33. The number of nitrogens with two attached hydrogens (primary N) is 1. The molecule has 0 spiro atoms. The Morgan fingerprint density at radius 1 is 0.963 bits per heavy atom. The molecule has 0 saturated carbocycles. The lowest BCUT2D eigenvalue weighted by Crippen LogP contribution is -2.50. The number of aryl methyl sites for hydroxylation is 1. The number of anilines is 1. The highest BCUT2D eigenvalue weighted by Crippen LogP contribution is 2.34. The summed E-state index contributed by atoms with van der Waals surface area (Å²) in [5, 5.41) is 3.05. The summed E-state index contributed by atoms with van der Waals surface area (Å²) in [7, 11) is 7.92. The topological polar surface area (TPSA) is 72.2 Å². The van der Waals surface area contributed by atoms with Crippen LogP contribution in [0.3, 0.4) is 0 Å². The van der Waals surface area contributed by atoms with Crippen molar-refractivity contribution in [2.75, 3.05) is 33.5 Å². The van der Waals surface area contributed by atoms with E-state index in [0.29, 0.717) is 38.8 Å². The van der Waals surface area contributed by atoms with Crippen LogP contribution in [0.5, 0.6) is 0 Å². The predicted octanol–water partition coefficient (Wildman–Crippen LogP) is 2.85. The van der Waals surface area contributed by atoms with Gasteiger partial charge in [-0.15, -0.1) is 12.4 Å². The SMILES string of the molecule is CNc1ccc(CCC(N)[N+](C)(C)C)c2c1C(=O)c1ccccc1C2=O.Cl. The minimum absolute atomic E-state index is 0. The van der Waals surface area contributed by atoms with Crippen molar-refractivity contribution in [3.63, 3.8) is 0 Å². The number of benzene rings is 2. The maximum Gasteiger partial charge on any atom is 0.196 e. The van der Waals surface area contributed by atoms with Gasteiger partial charge in [0.1, 0.15) is 6.17 Å². The van der Waals surface area contributed by atoms with E-state index in [4.69, 9.17) is 5.73 Å². The number of rotatable bonds is 5. The quantitative estimate of drug-likeness (QED) is 0.520. The number of hydrogen-bond donors (Lipinski definition) is 2. The van der Waals surface area contributed by atoms with E-state index in [1.165, 1.54) is 0 Å². The van der Waals surface area contributed by atoms with Gasteiger partial charge in [-0.1, -0.05) is 30.3 Å². The minimum atomic E-state index is -0.0997. The van der Waals surface area contributed by atoms with Gasteiger partial charge in [0.2, 0.25) is 0 Å². The lowest BCUT2D eigenvalue weighted by molar-refractivity contribution is -0.896. The zero-order valence-electron chi connectivity index (χ0n) is 16.2. The molecule has 0 saturated heterocycles. The number of fused-ring (bicyclic) bond motifs is 2. The van der Waals surface area contributed by atoms with E-state index < -0.39 is 0 Å². The number of ketones is 2. The van der Waals surface area contributed by atoms with Crippen LogP contribution in [0.15, 0.2) is 36.4 Å². The third kappa shape index (κ3) is 3.76. The van der Waals surface area contributed by atoms with Gasteiger partial charge in [0.15, 0.2) is 11.6 Å². The molecule has 0 heterocycles. The summed E-state index contributed by atoms with van der Waals surface area (Å²) in [4.78, 5) is 26.2. The molecule has 0 aromatic heterocycles. The van der Waals surface area contributed by atoms with Crippen molar-refractivity contribution in [2.45, 2.75) is 19.0 Å². The van der Waals surface area contributed by atoms with Crippen molar-refractivity contribution in [1.82, 2.24) is 0 Å². The van der Waals surface area contributed by atoms with E-state index in [1.54, 1.807) is 31.3 Å². The van der Waals surface area contributed by atoms with Crippen molar-refractivity contribution < 1.29 is 14.1 Å². The fraction of sp³-hybridized carbons (Fsp3) is 0.333. The molecule has 27 heavy (non-hydrogen) atoms. The molecule has 0 aliphatic heterocycles. The molecule has 0 bridgehead atoms. The molecule has 2 aromatic carbocycles. The molecule has 1 aliphatic carbocycles. The number of nitrogens with one attached hydrogen (secondary N) is 1. The van der Waals surface area contributed by atoms with E-state index in [1.807, 2.05) is 12.1 Å². The van der Waals surface area contributed by atoms with Gasteiger partial charge in [-0.25, -0.2) is 0 Å². The van der Waals surface area contributed by atoms with E-state index >= 15 is 0 Å². The number of nitrogens with zero attached hydrogens (tertiary/aromatic N) is 1. The Morgan fingerprint density at radius 2 is 1.52 bits per heavy atom. The Kier molecular flexibility index (Phi) is 6.10. The maximum atomic E-state index is 13.2. The smallest absolute Gasteiger partial charge is 0.196 e. The van der Waals surface area contributed by atoms with Crippen LogP contribution in [0.4, 0.5) is 5.69 Å². The molecular formula is C21H27ClN3O2+. The number of carbonyl (C=O) groups excluding carboxylic acids is 2. The summed E-state index contributed by atoms with van der Waals surface area (Å²) >= 11 is 0. The average molecular weight is 389 g/mol. The number of hydrogen-bond acceptors (Lipinski definition) is 4. The van der Waals surface area contributed by atoms with Crippen LogP contribution in [0.2, 0.25) is 0 Å². The average Bonchev–Trinajstić information content (AvgIpc) is 2.62. The normalized spacial score (nSPS) is 14.1. The zero-order valence-corrected chi connectivity index (χ0v) is 17.0. The monoisotopic (exact) mass is 388 g/mol. The lowest BCUT2D eigenvalue weighted by Gasteiger charge is -2.31. The molecule has 0 fully saturated rings. The summed E-state index contributed by atoms with van der Waals surface area (Å²) in [6.45, 7) is 0. The Balaban J connectivity index is 0.00000261. The van der Waals surface area contributed by atoms with Gasteiger partial charge in [0.05, 0.1) is 26.7 Å². The highest BCUT2D eigenvalue weighted by atomic mass is 35.5. The van der Waals surface area contributed by atoms with Crippen LogP contribution in [-0.4, -0.2) is 50.4 Å². The van der Waals surface area contributed by atoms with Crippen LogP contribution >= 0.6 is 12.4 Å². The summed E-state index contributed by atoms with van der Waals surface area (Å²) in [6.07, 6.45) is 1.35. The molecule has 144 valence electrons. The van der Waals surface area contributed by atoms with Crippen molar-refractivity contribution >= 4 is 29.7 Å². The fourth-order valence-electron chi connectivity index (χ4n) is 3.40. The van der Waals surface area contributed by atoms with Gasteiger partial charge >= 0.3 is 0 Å². The third-order valence-corrected chi connectivity index (χ3v) is 5.14. The van der Waals surface area contributed by atoms with Gasteiger partial charge in [-0.2, -0.15) is 0 Å².